The molecule has 1 aliphatic rings. The number of amides is 3. The number of urea groups is 1. The van der Waals surface area contributed by atoms with Crippen molar-refractivity contribution < 1.29 is 14.0 Å². The minimum Gasteiger partial charge on any atom is -0.321 e. The summed E-state index contributed by atoms with van der Waals surface area (Å²) >= 11 is 0. The fourth-order valence-electron chi connectivity index (χ4n) is 2.17. The van der Waals surface area contributed by atoms with E-state index in [2.05, 4.69) is 0 Å². The van der Waals surface area contributed by atoms with Gasteiger partial charge in [0, 0.05) is 19.0 Å². The quantitative estimate of drug-likeness (QED) is 0.808. The van der Waals surface area contributed by atoms with Gasteiger partial charge in [-0.1, -0.05) is 0 Å². The van der Waals surface area contributed by atoms with Gasteiger partial charge in [-0.2, -0.15) is 0 Å². The average Bonchev–Trinajstić information content (AvgIpc) is 2.31. The molecule has 5 heteroatoms. The lowest BCUT2D eigenvalue weighted by molar-refractivity contribution is -0.120. The number of nitrogens with zero attached hydrogens (tertiary/aromatic N) is 2. The number of carbonyl (C=O) groups excluding carboxylic acids is 2. The minimum absolute atomic E-state index is 0.0910. The third-order valence-electron chi connectivity index (χ3n) is 3.11. The lowest BCUT2D eigenvalue weighted by Crippen LogP contribution is -2.56. The van der Waals surface area contributed by atoms with E-state index in [1.54, 1.807) is 4.90 Å². The zero-order chi connectivity index (χ0) is 13.3. The maximum absolute atomic E-state index is 12.9. The Labute approximate surface area is 105 Å². The van der Waals surface area contributed by atoms with Gasteiger partial charge in [0.1, 0.15) is 5.82 Å². The third-order valence-corrected chi connectivity index (χ3v) is 3.11. The van der Waals surface area contributed by atoms with Crippen molar-refractivity contribution in [2.24, 2.45) is 0 Å². The van der Waals surface area contributed by atoms with Crippen LogP contribution in [0.2, 0.25) is 0 Å². The average molecular weight is 250 g/mol. The first kappa shape index (κ1) is 12.5. The summed E-state index contributed by atoms with van der Waals surface area (Å²) in [6.45, 7) is 4.26. The number of hydrogen-bond acceptors (Lipinski definition) is 2. The molecule has 0 N–H and O–H groups in total. The summed E-state index contributed by atoms with van der Waals surface area (Å²) in [6, 6.07) is 4.93. The van der Waals surface area contributed by atoms with Crippen molar-refractivity contribution in [3.8, 4) is 0 Å². The molecule has 0 spiro atoms. The molecule has 1 aliphatic heterocycles. The van der Waals surface area contributed by atoms with Crippen LogP contribution in [0.5, 0.6) is 0 Å². The van der Waals surface area contributed by atoms with Crippen molar-refractivity contribution in [2.45, 2.75) is 26.3 Å². The normalized spacial score (nSPS) is 20.5. The molecule has 0 radical (unpaired) electrons. The largest absolute Gasteiger partial charge is 0.331 e. The number of rotatable bonds is 2. The molecule has 2 rings (SSSR count). The van der Waals surface area contributed by atoms with Crippen LogP contribution in [-0.2, 0) is 4.79 Å². The Hall–Kier alpha value is -1.91. The van der Waals surface area contributed by atoms with E-state index in [-0.39, 0.29) is 24.4 Å². The maximum atomic E-state index is 12.9. The van der Waals surface area contributed by atoms with E-state index in [9.17, 15) is 14.0 Å². The Morgan fingerprint density at radius 2 is 1.89 bits per heavy atom. The fraction of sp³-hybridized carbons (Fsp3) is 0.385. The molecule has 1 saturated heterocycles. The van der Waals surface area contributed by atoms with Gasteiger partial charge in [-0.3, -0.25) is 4.79 Å². The van der Waals surface area contributed by atoms with Crippen LogP contribution in [-0.4, -0.2) is 29.4 Å². The highest BCUT2D eigenvalue weighted by molar-refractivity contribution is 6.16. The second-order valence-corrected chi connectivity index (χ2v) is 4.33. The molecule has 3 amide bonds. The lowest BCUT2D eigenvalue weighted by atomic mass is 10.1. The van der Waals surface area contributed by atoms with Crippen LogP contribution in [0.4, 0.5) is 14.9 Å². The predicted molar refractivity (Wildman–Crippen MR) is 65.7 cm³/mol. The Morgan fingerprint density at radius 3 is 2.44 bits per heavy atom. The zero-order valence-corrected chi connectivity index (χ0v) is 10.4. The molecular weight excluding hydrogens is 235 g/mol. The van der Waals surface area contributed by atoms with E-state index in [1.165, 1.54) is 24.3 Å². The van der Waals surface area contributed by atoms with E-state index < -0.39 is 5.82 Å². The molecule has 1 aromatic rings. The van der Waals surface area contributed by atoms with Crippen molar-refractivity contribution in [1.29, 1.82) is 0 Å². The molecule has 1 aromatic carbocycles. The van der Waals surface area contributed by atoms with Crippen molar-refractivity contribution in [2.75, 3.05) is 11.4 Å². The van der Waals surface area contributed by atoms with Gasteiger partial charge in [-0.05, 0) is 38.1 Å². The van der Waals surface area contributed by atoms with Crippen LogP contribution in [0.1, 0.15) is 20.3 Å². The highest BCUT2D eigenvalue weighted by atomic mass is 19.1. The Balaban J connectivity index is 2.33. The fourth-order valence-corrected chi connectivity index (χ4v) is 2.17. The summed E-state index contributed by atoms with van der Waals surface area (Å²) in [5.41, 5.74) is 0.414. The first-order chi connectivity index (χ1) is 8.54. The van der Waals surface area contributed by atoms with Gasteiger partial charge in [-0.15, -0.1) is 0 Å². The van der Waals surface area contributed by atoms with E-state index in [4.69, 9.17) is 0 Å². The molecule has 1 unspecified atom stereocenters. The second-order valence-electron chi connectivity index (χ2n) is 4.33. The van der Waals surface area contributed by atoms with E-state index in [0.29, 0.717) is 12.2 Å². The van der Waals surface area contributed by atoms with Gasteiger partial charge in [0.15, 0.2) is 0 Å². The molecule has 4 nitrogen and oxygen atoms in total. The molecular formula is C13H15FN2O2. The highest BCUT2D eigenvalue weighted by Gasteiger charge is 2.36. The molecule has 1 atom stereocenters. The Kier molecular flexibility index (Phi) is 3.32. The second kappa shape index (κ2) is 4.76. The summed E-state index contributed by atoms with van der Waals surface area (Å²) in [4.78, 5) is 26.9. The summed E-state index contributed by atoms with van der Waals surface area (Å²) < 4.78 is 12.9. The number of hydrogen-bond donors (Lipinski definition) is 0. The van der Waals surface area contributed by atoms with Gasteiger partial charge in [0.05, 0.1) is 5.69 Å². The van der Waals surface area contributed by atoms with E-state index in [0.717, 1.165) is 4.90 Å². The summed E-state index contributed by atoms with van der Waals surface area (Å²) in [5.74, 6) is -0.639. The van der Waals surface area contributed by atoms with Gasteiger partial charge in [0.25, 0.3) is 0 Å². The number of imide groups is 1. The number of halogens is 1. The molecule has 0 aliphatic carbocycles. The standard InChI is InChI=1S/C13H15FN2O2/c1-3-15-9(2)8-12(17)16(13(15)18)11-6-4-10(14)5-7-11/h4-7,9H,3,8H2,1-2H3. The van der Waals surface area contributed by atoms with Crippen LogP contribution in [0.15, 0.2) is 24.3 Å². The molecule has 1 heterocycles. The minimum atomic E-state index is -0.392. The van der Waals surface area contributed by atoms with E-state index >= 15 is 0 Å². The predicted octanol–water partition coefficient (Wildman–Crippen LogP) is 2.39. The topological polar surface area (TPSA) is 40.6 Å². The summed E-state index contributed by atoms with van der Waals surface area (Å²) in [6.07, 6.45) is 0.289. The van der Waals surface area contributed by atoms with Crippen LogP contribution in [0.25, 0.3) is 0 Å². The van der Waals surface area contributed by atoms with Gasteiger partial charge >= 0.3 is 6.03 Å². The molecule has 1 fully saturated rings. The summed E-state index contributed by atoms with van der Waals surface area (Å²) in [7, 11) is 0. The molecule has 0 aromatic heterocycles. The van der Waals surface area contributed by atoms with Crippen molar-refractivity contribution in [1.82, 2.24) is 4.90 Å². The number of anilines is 1. The van der Waals surface area contributed by atoms with E-state index in [1.807, 2.05) is 13.8 Å². The maximum Gasteiger partial charge on any atom is 0.331 e. The van der Waals surface area contributed by atoms with Crippen molar-refractivity contribution in [3.05, 3.63) is 30.1 Å². The van der Waals surface area contributed by atoms with Crippen LogP contribution in [0.3, 0.4) is 0 Å². The lowest BCUT2D eigenvalue weighted by Gasteiger charge is -2.38. The van der Waals surface area contributed by atoms with Gasteiger partial charge in [0.2, 0.25) is 5.91 Å². The van der Waals surface area contributed by atoms with Crippen LogP contribution < -0.4 is 4.90 Å². The molecule has 18 heavy (non-hydrogen) atoms. The SMILES string of the molecule is CCN1C(=O)N(c2ccc(F)cc2)C(=O)CC1C. The van der Waals surface area contributed by atoms with Crippen molar-refractivity contribution in [3.63, 3.8) is 0 Å². The van der Waals surface area contributed by atoms with Crippen molar-refractivity contribution >= 4 is 17.6 Å². The van der Waals surface area contributed by atoms with Gasteiger partial charge in [-0.25, -0.2) is 14.1 Å². The summed E-state index contributed by atoms with van der Waals surface area (Å²) in [5, 5.41) is 0. The Bertz CT molecular complexity index is 472. The Morgan fingerprint density at radius 1 is 1.28 bits per heavy atom. The smallest absolute Gasteiger partial charge is 0.321 e. The first-order valence-corrected chi connectivity index (χ1v) is 5.93. The van der Waals surface area contributed by atoms with Crippen LogP contribution >= 0.6 is 0 Å². The third kappa shape index (κ3) is 2.08. The molecule has 0 saturated carbocycles. The molecule has 0 bridgehead atoms. The number of benzene rings is 1. The highest BCUT2D eigenvalue weighted by Crippen LogP contribution is 2.24. The first-order valence-electron chi connectivity index (χ1n) is 5.93. The monoisotopic (exact) mass is 250 g/mol. The zero-order valence-electron chi connectivity index (χ0n) is 10.4. The molecule has 96 valence electrons. The van der Waals surface area contributed by atoms with Crippen LogP contribution in [0, 0.1) is 5.82 Å². The van der Waals surface area contributed by atoms with Gasteiger partial charge < -0.3 is 4.90 Å². The number of carbonyl (C=O) groups is 2.